The van der Waals surface area contributed by atoms with E-state index < -0.39 is 0 Å². The molecule has 0 amide bonds. The van der Waals surface area contributed by atoms with Crippen molar-refractivity contribution in [3.05, 3.63) is 59.4 Å². The van der Waals surface area contributed by atoms with Crippen LogP contribution < -0.4 is 4.74 Å². The lowest BCUT2D eigenvalue weighted by atomic mass is 10.1. The first kappa shape index (κ1) is 15.0. The third-order valence-corrected chi connectivity index (χ3v) is 3.40. The van der Waals surface area contributed by atoms with Gasteiger partial charge in [0.05, 0.1) is 12.7 Å². The number of nitriles is 1. The summed E-state index contributed by atoms with van der Waals surface area (Å²) in [6.07, 6.45) is 3.63. The van der Waals surface area contributed by atoms with E-state index in [4.69, 9.17) is 10.00 Å². The molecule has 1 aromatic heterocycles. The second-order valence-corrected chi connectivity index (χ2v) is 4.81. The predicted octanol–water partition coefficient (Wildman–Crippen LogP) is 2.98. The van der Waals surface area contributed by atoms with Crippen molar-refractivity contribution in [2.45, 2.75) is 20.0 Å². The van der Waals surface area contributed by atoms with Gasteiger partial charge in [0, 0.05) is 25.5 Å². The van der Waals surface area contributed by atoms with Gasteiger partial charge in [0.15, 0.2) is 0 Å². The van der Waals surface area contributed by atoms with Crippen LogP contribution in [0.3, 0.4) is 0 Å². The Morgan fingerprint density at radius 2 is 1.86 bits per heavy atom. The van der Waals surface area contributed by atoms with E-state index in [1.54, 1.807) is 7.11 Å². The second kappa shape index (κ2) is 7.41. The molecule has 0 saturated heterocycles. The third-order valence-electron chi connectivity index (χ3n) is 3.40. The normalized spacial score (nSPS) is 10.4. The highest BCUT2D eigenvalue weighted by atomic mass is 16.5. The highest BCUT2D eigenvalue weighted by Crippen LogP contribution is 2.20. The molecule has 0 aliphatic heterocycles. The summed E-state index contributed by atoms with van der Waals surface area (Å²) in [5.41, 5.74) is 2.95. The van der Waals surface area contributed by atoms with Crippen LogP contribution in [0.2, 0.25) is 0 Å². The molecule has 2 aromatic rings. The molecule has 4 heteroatoms. The van der Waals surface area contributed by atoms with E-state index >= 15 is 0 Å². The Balaban J connectivity index is 2.10. The van der Waals surface area contributed by atoms with Gasteiger partial charge in [0.1, 0.15) is 11.8 Å². The highest BCUT2D eigenvalue weighted by Gasteiger charge is 2.08. The van der Waals surface area contributed by atoms with Gasteiger partial charge in [-0.25, -0.2) is 0 Å². The monoisotopic (exact) mass is 281 g/mol. The third kappa shape index (κ3) is 4.04. The lowest BCUT2D eigenvalue weighted by molar-refractivity contribution is 0.271. The number of nitrogens with zero attached hydrogens (tertiary/aromatic N) is 3. The maximum Gasteiger partial charge on any atom is 0.136 e. The molecule has 21 heavy (non-hydrogen) atoms. The van der Waals surface area contributed by atoms with Crippen molar-refractivity contribution in [3.63, 3.8) is 0 Å². The first-order valence-electron chi connectivity index (χ1n) is 6.95. The SMILES string of the molecule is CCN(Cc1ccncc1)Cc1ccc(C#N)c(OC)c1. The molecular weight excluding hydrogens is 262 g/mol. The number of hydrogen-bond acceptors (Lipinski definition) is 4. The number of pyridine rings is 1. The fourth-order valence-corrected chi connectivity index (χ4v) is 2.21. The van der Waals surface area contributed by atoms with Crippen molar-refractivity contribution in [2.75, 3.05) is 13.7 Å². The number of methoxy groups -OCH3 is 1. The fourth-order valence-electron chi connectivity index (χ4n) is 2.21. The van der Waals surface area contributed by atoms with Gasteiger partial charge in [0.2, 0.25) is 0 Å². The summed E-state index contributed by atoms with van der Waals surface area (Å²) in [5.74, 6) is 0.634. The lowest BCUT2D eigenvalue weighted by Gasteiger charge is -2.21. The van der Waals surface area contributed by atoms with Crippen molar-refractivity contribution in [2.24, 2.45) is 0 Å². The van der Waals surface area contributed by atoms with E-state index in [-0.39, 0.29) is 0 Å². The topological polar surface area (TPSA) is 49.2 Å². The Morgan fingerprint density at radius 1 is 1.14 bits per heavy atom. The molecule has 0 radical (unpaired) electrons. The van der Waals surface area contributed by atoms with E-state index in [1.807, 2.05) is 42.7 Å². The highest BCUT2D eigenvalue weighted by molar-refractivity contribution is 5.45. The average Bonchev–Trinajstić information content (AvgIpc) is 2.55. The van der Waals surface area contributed by atoms with Gasteiger partial charge in [-0.3, -0.25) is 9.88 Å². The Labute approximate surface area is 125 Å². The second-order valence-electron chi connectivity index (χ2n) is 4.81. The first-order valence-corrected chi connectivity index (χ1v) is 6.95. The summed E-state index contributed by atoms with van der Waals surface area (Å²) in [7, 11) is 1.59. The van der Waals surface area contributed by atoms with Gasteiger partial charge < -0.3 is 4.74 Å². The predicted molar refractivity (Wildman–Crippen MR) is 81.7 cm³/mol. The van der Waals surface area contributed by atoms with Gasteiger partial charge in [-0.1, -0.05) is 13.0 Å². The summed E-state index contributed by atoms with van der Waals surface area (Å²) < 4.78 is 5.26. The zero-order valence-electron chi connectivity index (χ0n) is 12.4. The standard InChI is InChI=1S/C17H19N3O/c1-3-20(12-14-6-8-19-9-7-14)13-15-4-5-16(11-18)17(10-15)21-2/h4-10H,3,12-13H2,1-2H3. The molecular formula is C17H19N3O. The van der Waals surface area contributed by atoms with Crippen LogP contribution in [0.25, 0.3) is 0 Å². The van der Waals surface area contributed by atoms with Crippen LogP contribution in [0.5, 0.6) is 5.75 Å². The molecule has 2 rings (SSSR count). The number of ether oxygens (including phenoxy) is 1. The Kier molecular flexibility index (Phi) is 5.30. The summed E-state index contributed by atoms with van der Waals surface area (Å²) in [6, 6.07) is 11.9. The molecule has 1 aromatic carbocycles. The average molecular weight is 281 g/mol. The Hall–Kier alpha value is -2.38. The number of rotatable bonds is 6. The lowest BCUT2D eigenvalue weighted by Crippen LogP contribution is -2.22. The molecule has 1 heterocycles. The minimum Gasteiger partial charge on any atom is -0.495 e. The van der Waals surface area contributed by atoms with E-state index in [9.17, 15) is 0 Å². The molecule has 108 valence electrons. The van der Waals surface area contributed by atoms with Crippen LogP contribution in [0.4, 0.5) is 0 Å². The van der Waals surface area contributed by atoms with Crippen LogP contribution in [0.1, 0.15) is 23.6 Å². The fraction of sp³-hybridized carbons (Fsp3) is 0.294. The van der Waals surface area contributed by atoms with Crippen LogP contribution in [0.15, 0.2) is 42.7 Å². The van der Waals surface area contributed by atoms with E-state index in [2.05, 4.69) is 22.9 Å². The zero-order chi connectivity index (χ0) is 15.1. The molecule has 0 atom stereocenters. The minimum atomic E-state index is 0.568. The summed E-state index contributed by atoms with van der Waals surface area (Å²) >= 11 is 0. The van der Waals surface area contributed by atoms with Crippen molar-refractivity contribution in [3.8, 4) is 11.8 Å². The molecule has 0 N–H and O–H groups in total. The van der Waals surface area contributed by atoms with Gasteiger partial charge in [0.25, 0.3) is 0 Å². The molecule has 0 aliphatic carbocycles. The van der Waals surface area contributed by atoms with E-state index in [0.29, 0.717) is 11.3 Å². The van der Waals surface area contributed by atoms with Crippen molar-refractivity contribution in [1.29, 1.82) is 5.26 Å². The van der Waals surface area contributed by atoms with Crippen LogP contribution >= 0.6 is 0 Å². The van der Waals surface area contributed by atoms with E-state index in [1.165, 1.54) is 5.56 Å². The molecule has 0 aliphatic rings. The Bertz CT molecular complexity index is 620. The molecule has 4 nitrogen and oxygen atoms in total. The van der Waals surface area contributed by atoms with Crippen molar-refractivity contribution in [1.82, 2.24) is 9.88 Å². The Morgan fingerprint density at radius 3 is 2.48 bits per heavy atom. The number of hydrogen-bond donors (Lipinski definition) is 0. The van der Waals surface area contributed by atoms with Gasteiger partial charge in [-0.05, 0) is 41.9 Å². The maximum absolute atomic E-state index is 9.02. The summed E-state index contributed by atoms with van der Waals surface area (Å²) in [4.78, 5) is 6.37. The van der Waals surface area contributed by atoms with Crippen molar-refractivity contribution >= 4 is 0 Å². The smallest absolute Gasteiger partial charge is 0.136 e. The van der Waals surface area contributed by atoms with Gasteiger partial charge >= 0.3 is 0 Å². The van der Waals surface area contributed by atoms with Gasteiger partial charge in [-0.2, -0.15) is 5.26 Å². The molecule has 0 spiro atoms. The van der Waals surface area contributed by atoms with E-state index in [0.717, 1.165) is 25.2 Å². The van der Waals surface area contributed by atoms with Crippen LogP contribution in [0, 0.1) is 11.3 Å². The quantitative estimate of drug-likeness (QED) is 0.816. The maximum atomic E-state index is 9.02. The molecule has 0 saturated carbocycles. The molecule has 0 unspecified atom stereocenters. The van der Waals surface area contributed by atoms with Crippen molar-refractivity contribution < 1.29 is 4.74 Å². The minimum absolute atomic E-state index is 0.568. The molecule has 0 fully saturated rings. The molecule has 0 bridgehead atoms. The largest absolute Gasteiger partial charge is 0.495 e. The summed E-state index contributed by atoms with van der Waals surface area (Å²) in [5, 5.41) is 9.02. The van der Waals surface area contributed by atoms with Gasteiger partial charge in [-0.15, -0.1) is 0 Å². The first-order chi connectivity index (χ1) is 10.3. The summed E-state index contributed by atoms with van der Waals surface area (Å²) in [6.45, 7) is 4.79. The van der Waals surface area contributed by atoms with Crippen LogP contribution in [-0.4, -0.2) is 23.5 Å². The number of aromatic nitrogens is 1. The van der Waals surface area contributed by atoms with Crippen LogP contribution in [-0.2, 0) is 13.1 Å². The zero-order valence-corrected chi connectivity index (χ0v) is 12.4. The number of benzene rings is 1.